The molecule has 2 aromatic heterocycles. The summed E-state index contributed by atoms with van der Waals surface area (Å²) in [5, 5.41) is 8.77. The third kappa shape index (κ3) is 4.72. The van der Waals surface area contributed by atoms with E-state index in [2.05, 4.69) is 54.9 Å². The molecule has 0 radical (unpaired) electrons. The van der Waals surface area contributed by atoms with Gasteiger partial charge >= 0.3 is 0 Å². The van der Waals surface area contributed by atoms with Crippen molar-refractivity contribution in [2.45, 2.75) is 38.3 Å². The first-order chi connectivity index (χ1) is 14.2. The summed E-state index contributed by atoms with van der Waals surface area (Å²) in [4.78, 5) is 20.8. The SMILES string of the molecule is CN(Cc1cc(N2CCN(CCC#N)CC2)ncn1)C1CCCc2cccnc21. The largest absolute Gasteiger partial charge is 0.354 e. The molecule has 0 spiro atoms. The minimum atomic E-state index is 0.349. The molecule has 1 saturated heterocycles. The average molecular weight is 392 g/mol. The van der Waals surface area contributed by atoms with Crippen LogP contribution in [0.3, 0.4) is 0 Å². The predicted octanol–water partition coefficient (Wildman–Crippen LogP) is 2.42. The smallest absolute Gasteiger partial charge is 0.132 e. The number of nitriles is 1. The summed E-state index contributed by atoms with van der Waals surface area (Å²) in [5.74, 6) is 1.01. The zero-order valence-electron chi connectivity index (χ0n) is 17.2. The minimum Gasteiger partial charge on any atom is -0.354 e. The van der Waals surface area contributed by atoms with Gasteiger partial charge in [0, 0.05) is 58.0 Å². The Hall–Kier alpha value is -2.56. The van der Waals surface area contributed by atoms with E-state index in [-0.39, 0.29) is 0 Å². The van der Waals surface area contributed by atoms with E-state index in [1.54, 1.807) is 6.33 Å². The third-order valence-electron chi connectivity index (χ3n) is 6.05. The summed E-state index contributed by atoms with van der Waals surface area (Å²) in [6.07, 6.45) is 7.67. The summed E-state index contributed by atoms with van der Waals surface area (Å²) in [7, 11) is 2.17. The lowest BCUT2D eigenvalue weighted by atomic mass is 9.91. The lowest BCUT2D eigenvalue weighted by Gasteiger charge is -2.35. The fourth-order valence-corrected chi connectivity index (χ4v) is 4.43. The number of pyridine rings is 1. The van der Waals surface area contributed by atoms with Crippen LogP contribution >= 0.6 is 0 Å². The highest BCUT2D eigenvalue weighted by atomic mass is 15.3. The molecule has 0 N–H and O–H groups in total. The van der Waals surface area contributed by atoms with Gasteiger partial charge in [0.05, 0.1) is 23.5 Å². The first-order valence-electron chi connectivity index (χ1n) is 10.5. The van der Waals surface area contributed by atoms with Crippen LogP contribution in [0.2, 0.25) is 0 Å². The highest BCUT2D eigenvalue weighted by Crippen LogP contribution is 2.32. The summed E-state index contributed by atoms with van der Waals surface area (Å²) >= 11 is 0. The molecule has 0 aromatic carbocycles. The van der Waals surface area contributed by atoms with Crippen molar-refractivity contribution in [3.63, 3.8) is 0 Å². The maximum atomic E-state index is 8.77. The van der Waals surface area contributed by atoms with Gasteiger partial charge in [0.2, 0.25) is 0 Å². The van der Waals surface area contributed by atoms with E-state index in [9.17, 15) is 0 Å². The summed E-state index contributed by atoms with van der Waals surface area (Å²) in [6, 6.07) is 8.96. The summed E-state index contributed by atoms with van der Waals surface area (Å²) in [6.45, 7) is 5.49. The van der Waals surface area contributed by atoms with Gasteiger partial charge in [-0.1, -0.05) is 6.07 Å². The second kappa shape index (κ2) is 9.29. The Morgan fingerprint density at radius 1 is 1.21 bits per heavy atom. The van der Waals surface area contributed by atoms with Gasteiger partial charge in [-0.05, 0) is 37.9 Å². The van der Waals surface area contributed by atoms with Crippen molar-refractivity contribution in [3.8, 4) is 6.07 Å². The summed E-state index contributed by atoms with van der Waals surface area (Å²) in [5.41, 5.74) is 3.66. The quantitative estimate of drug-likeness (QED) is 0.749. The van der Waals surface area contributed by atoms with E-state index >= 15 is 0 Å². The molecule has 3 heterocycles. The predicted molar refractivity (Wildman–Crippen MR) is 112 cm³/mol. The number of aryl methyl sites for hydroxylation is 1. The van der Waals surface area contributed by atoms with Gasteiger partial charge in [-0.3, -0.25) is 14.8 Å². The number of hydrogen-bond donors (Lipinski definition) is 0. The Bertz CT molecular complexity index is 854. The molecule has 4 rings (SSSR count). The Labute approximate surface area is 173 Å². The van der Waals surface area contributed by atoms with Crippen LogP contribution in [0.25, 0.3) is 0 Å². The second-order valence-corrected chi connectivity index (χ2v) is 7.98. The van der Waals surface area contributed by atoms with Gasteiger partial charge in [-0.15, -0.1) is 0 Å². The van der Waals surface area contributed by atoms with E-state index < -0.39 is 0 Å². The summed E-state index contributed by atoms with van der Waals surface area (Å²) < 4.78 is 0. The Kier molecular flexibility index (Phi) is 6.33. The van der Waals surface area contributed by atoms with E-state index in [0.29, 0.717) is 12.5 Å². The zero-order chi connectivity index (χ0) is 20.1. The van der Waals surface area contributed by atoms with Gasteiger partial charge in [0.25, 0.3) is 0 Å². The first-order valence-corrected chi connectivity index (χ1v) is 10.5. The van der Waals surface area contributed by atoms with Crippen molar-refractivity contribution in [1.82, 2.24) is 24.8 Å². The molecule has 1 fully saturated rings. The Balaban J connectivity index is 1.39. The zero-order valence-corrected chi connectivity index (χ0v) is 17.2. The van der Waals surface area contributed by atoms with Crippen LogP contribution in [-0.2, 0) is 13.0 Å². The van der Waals surface area contributed by atoms with Gasteiger partial charge < -0.3 is 4.90 Å². The van der Waals surface area contributed by atoms with Gasteiger partial charge in [-0.2, -0.15) is 5.26 Å². The standard InChI is InChI=1S/C22H29N7/c1-27(20-7-2-5-18-6-3-9-24-22(18)20)16-19-15-21(26-17-25-19)29-13-11-28(12-14-29)10-4-8-23/h3,6,9,15,17,20H,2,4-5,7,10-14,16H2,1H3. The van der Waals surface area contributed by atoms with Crippen molar-refractivity contribution < 1.29 is 0 Å². The number of nitrogens with zero attached hydrogens (tertiary/aromatic N) is 7. The molecule has 2 aromatic rings. The molecule has 1 unspecified atom stereocenters. The van der Waals surface area contributed by atoms with Crippen molar-refractivity contribution in [2.75, 3.05) is 44.7 Å². The van der Waals surface area contributed by atoms with Gasteiger partial charge in [-0.25, -0.2) is 9.97 Å². The molecular formula is C22H29N7. The van der Waals surface area contributed by atoms with Crippen molar-refractivity contribution in [3.05, 3.63) is 47.7 Å². The van der Waals surface area contributed by atoms with E-state index in [1.807, 2.05) is 12.3 Å². The van der Waals surface area contributed by atoms with Crippen LogP contribution in [0.1, 0.15) is 42.3 Å². The lowest BCUT2D eigenvalue weighted by molar-refractivity contribution is 0.206. The van der Waals surface area contributed by atoms with Crippen molar-refractivity contribution in [2.24, 2.45) is 0 Å². The molecule has 0 bridgehead atoms. The molecule has 2 aliphatic rings. The number of rotatable bonds is 6. The Morgan fingerprint density at radius 2 is 2.07 bits per heavy atom. The second-order valence-electron chi connectivity index (χ2n) is 7.98. The van der Waals surface area contributed by atoms with Crippen LogP contribution in [-0.4, -0.2) is 64.5 Å². The molecule has 0 amide bonds. The third-order valence-corrected chi connectivity index (χ3v) is 6.05. The molecule has 0 saturated carbocycles. The maximum Gasteiger partial charge on any atom is 0.132 e. The molecule has 152 valence electrons. The monoisotopic (exact) mass is 391 g/mol. The van der Waals surface area contributed by atoms with Crippen LogP contribution < -0.4 is 4.90 Å². The fraction of sp³-hybridized carbons (Fsp3) is 0.545. The van der Waals surface area contributed by atoms with Crippen LogP contribution in [0.4, 0.5) is 5.82 Å². The molecule has 7 heteroatoms. The Morgan fingerprint density at radius 3 is 2.90 bits per heavy atom. The number of aromatic nitrogens is 3. The number of hydrogen-bond acceptors (Lipinski definition) is 7. The highest BCUT2D eigenvalue weighted by molar-refractivity contribution is 5.39. The topological polar surface area (TPSA) is 72.2 Å². The first kappa shape index (κ1) is 19.7. The van der Waals surface area contributed by atoms with Crippen molar-refractivity contribution >= 4 is 5.82 Å². The van der Waals surface area contributed by atoms with Crippen LogP contribution in [0.15, 0.2) is 30.7 Å². The lowest BCUT2D eigenvalue weighted by Crippen LogP contribution is -2.46. The normalized spacial score (nSPS) is 19.8. The van der Waals surface area contributed by atoms with Crippen LogP contribution in [0, 0.1) is 11.3 Å². The number of piperazine rings is 1. The fourth-order valence-electron chi connectivity index (χ4n) is 4.43. The molecule has 7 nitrogen and oxygen atoms in total. The average Bonchev–Trinajstić information content (AvgIpc) is 2.78. The number of anilines is 1. The molecule has 1 aliphatic carbocycles. The van der Waals surface area contributed by atoms with E-state index in [4.69, 9.17) is 5.26 Å². The van der Waals surface area contributed by atoms with E-state index in [0.717, 1.165) is 63.6 Å². The van der Waals surface area contributed by atoms with E-state index in [1.165, 1.54) is 17.7 Å². The highest BCUT2D eigenvalue weighted by Gasteiger charge is 2.25. The van der Waals surface area contributed by atoms with Crippen LogP contribution in [0.5, 0.6) is 0 Å². The van der Waals surface area contributed by atoms with Gasteiger partial charge in [0.1, 0.15) is 12.1 Å². The number of fused-ring (bicyclic) bond motifs is 1. The minimum absolute atomic E-state index is 0.349. The molecule has 1 atom stereocenters. The molecule has 29 heavy (non-hydrogen) atoms. The molecular weight excluding hydrogens is 362 g/mol. The molecule has 1 aliphatic heterocycles. The maximum absolute atomic E-state index is 8.77. The van der Waals surface area contributed by atoms with Gasteiger partial charge in [0.15, 0.2) is 0 Å². The van der Waals surface area contributed by atoms with Crippen molar-refractivity contribution in [1.29, 1.82) is 5.26 Å².